The van der Waals surface area contributed by atoms with Gasteiger partial charge in [0.2, 0.25) is 0 Å². The van der Waals surface area contributed by atoms with E-state index < -0.39 is 0 Å². The molecule has 1 aromatic carbocycles. The maximum Gasteiger partial charge on any atom is 0.255 e. The van der Waals surface area contributed by atoms with Crippen LogP contribution < -0.4 is 5.32 Å². The van der Waals surface area contributed by atoms with Gasteiger partial charge < -0.3 is 10.3 Å². The van der Waals surface area contributed by atoms with Crippen LogP contribution in [0.2, 0.25) is 0 Å². The molecule has 0 saturated carbocycles. The molecule has 0 aliphatic carbocycles. The molecule has 0 spiro atoms. The first-order valence-electron chi connectivity index (χ1n) is 12.3. The number of carbonyl (C=O) groups is 1. The molecule has 186 valence electrons. The molecule has 0 bridgehead atoms. The summed E-state index contributed by atoms with van der Waals surface area (Å²) in [6.07, 6.45) is 10.4. The number of carbonyl (C=O) groups excluding carboxylic acids is 1. The highest BCUT2D eigenvalue weighted by molar-refractivity contribution is 6.04. The molecule has 7 rings (SSSR count). The first-order chi connectivity index (χ1) is 19.2. The summed E-state index contributed by atoms with van der Waals surface area (Å²) in [5.74, 6) is -0.195. The van der Waals surface area contributed by atoms with Gasteiger partial charge in [0, 0.05) is 69.5 Å². The summed E-state index contributed by atoms with van der Waals surface area (Å²) >= 11 is 0. The number of aromatic amines is 2. The summed E-state index contributed by atoms with van der Waals surface area (Å²) < 4.78 is 0. The predicted molar refractivity (Wildman–Crippen MR) is 150 cm³/mol. The normalized spacial score (nSPS) is 11.2. The van der Waals surface area contributed by atoms with E-state index in [-0.39, 0.29) is 5.91 Å². The third kappa shape index (κ3) is 4.17. The Labute approximate surface area is 222 Å². The van der Waals surface area contributed by atoms with Gasteiger partial charge in [-0.3, -0.25) is 24.8 Å². The van der Waals surface area contributed by atoms with Crippen LogP contribution in [-0.2, 0) is 0 Å². The fraction of sp³-hybridized carbons (Fsp3) is 0. The summed E-state index contributed by atoms with van der Waals surface area (Å²) in [5.41, 5.74) is 7.93. The fourth-order valence-electron chi connectivity index (χ4n) is 4.65. The second kappa shape index (κ2) is 9.31. The maximum atomic E-state index is 12.6. The molecule has 0 saturated heterocycles. The Bertz CT molecular complexity index is 1960. The Morgan fingerprint density at radius 2 is 1.56 bits per heavy atom. The lowest BCUT2D eigenvalue weighted by Crippen LogP contribution is -2.11. The van der Waals surface area contributed by atoms with Gasteiger partial charge in [-0.15, -0.1) is 0 Å². The lowest BCUT2D eigenvalue weighted by Gasteiger charge is -2.07. The minimum atomic E-state index is -0.195. The molecule has 0 aliphatic rings. The minimum Gasteiger partial charge on any atom is -0.353 e. The van der Waals surface area contributed by atoms with E-state index in [1.54, 1.807) is 49.3 Å². The van der Waals surface area contributed by atoms with Crippen molar-refractivity contribution in [2.24, 2.45) is 0 Å². The molecular formula is C30H20N8O. The monoisotopic (exact) mass is 508 g/mol. The predicted octanol–water partition coefficient (Wildman–Crippen LogP) is 5.88. The van der Waals surface area contributed by atoms with E-state index in [0.29, 0.717) is 16.9 Å². The van der Waals surface area contributed by atoms with E-state index in [1.807, 2.05) is 48.5 Å². The van der Waals surface area contributed by atoms with Crippen molar-refractivity contribution in [2.45, 2.75) is 0 Å². The van der Waals surface area contributed by atoms with Crippen LogP contribution in [0.5, 0.6) is 0 Å². The number of anilines is 1. The number of H-pyrrole nitrogens is 2. The SMILES string of the molecule is O=C(Nc1cncc(-c2cnc3[nH]nc(-c4cc5c(-c6ccncc6)nccc5[nH]4)c3c2)c1)c1ccccc1. The summed E-state index contributed by atoms with van der Waals surface area (Å²) in [7, 11) is 0. The number of pyridine rings is 4. The standard InChI is InChI=1S/C30H20N8O/c39-30(19-4-2-1-3-5-19)35-22-12-20(15-32-17-22)21-13-24-28(37-38-29(24)34-16-21)26-14-23-25(36-26)8-11-33-27(23)18-6-9-31-10-7-18/h1-17,36H,(H,35,39)(H,34,37,38). The molecule has 0 aliphatic heterocycles. The molecule has 3 N–H and O–H groups in total. The summed E-state index contributed by atoms with van der Waals surface area (Å²) in [6.45, 7) is 0. The van der Waals surface area contributed by atoms with Gasteiger partial charge >= 0.3 is 0 Å². The Balaban J connectivity index is 1.25. The van der Waals surface area contributed by atoms with Crippen molar-refractivity contribution in [3.05, 3.63) is 109 Å². The number of rotatable bonds is 5. The quantitative estimate of drug-likeness (QED) is 0.267. The largest absolute Gasteiger partial charge is 0.353 e. The van der Waals surface area contributed by atoms with Crippen LogP contribution in [0.25, 0.3) is 55.7 Å². The Kier molecular flexibility index (Phi) is 5.37. The number of amides is 1. The fourth-order valence-corrected chi connectivity index (χ4v) is 4.65. The number of fused-ring (bicyclic) bond motifs is 2. The highest BCUT2D eigenvalue weighted by Gasteiger charge is 2.16. The van der Waals surface area contributed by atoms with E-state index in [2.05, 4.69) is 46.5 Å². The number of nitrogens with zero attached hydrogens (tertiary/aromatic N) is 5. The van der Waals surface area contributed by atoms with E-state index in [9.17, 15) is 4.79 Å². The van der Waals surface area contributed by atoms with E-state index in [1.165, 1.54) is 0 Å². The maximum absolute atomic E-state index is 12.6. The zero-order chi connectivity index (χ0) is 26.2. The molecule has 0 unspecified atom stereocenters. The van der Waals surface area contributed by atoms with Gasteiger partial charge in [0.1, 0.15) is 5.69 Å². The number of hydrogen-bond donors (Lipinski definition) is 3. The van der Waals surface area contributed by atoms with Crippen molar-refractivity contribution in [1.82, 2.24) is 35.1 Å². The molecule has 6 heterocycles. The van der Waals surface area contributed by atoms with Crippen LogP contribution in [0.4, 0.5) is 5.69 Å². The number of aromatic nitrogens is 7. The summed E-state index contributed by atoms with van der Waals surface area (Å²) in [5, 5.41) is 12.4. The Morgan fingerprint density at radius 3 is 2.44 bits per heavy atom. The Morgan fingerprint density at radius 1 is 0.718 bits per heavy atom. The first-order valence-corrected chi connectivity index (χ1v) is 12.3. The van der Waals surface area contributed by atoms with E-state index in [0.717, 1.165) is 50.1 Å². The first kappa shape index (κ1) is 22.5. The molecule has 9 heteroatoms. The molecule has 0 fully saturated rings. The van der Waals surface area contributed by atoms with Crippen LogP contribution in [0.1, 0.15) is 10.4 Å². The zero-order valence-corrected chi connectivity index (χ0v) is 20.5. The Hall–Kier alpha value is -5.70. The third-order valence-corrected chi connectivity index (χ3v) is 6.54. The van der Waals surface area contributed by atoms with Crippen LogP contribution in [0.3, 0.4) is 0 Å². The third-order valence-electron chi connectivity index (χ3n) is 6.54. The highest BCUT2D eigenvalue weighted by atomic mass is 16.1. The molecule has 7 aromatic rings. The van der Waals surface area contributed by atoms with Gasteiger partial charge in [-0.2, -0.15) is 5.10 Å². The topological polar surface area (TPSA) is 125 Å². The average molecular weight is 509 g/mol. The summed E-state index contributed by atoms with van der Waals surface area (Å²) in [4.78, 5) is 33.8. The molecule has 39 heavy (non-hydrogen) atoms. The zero-order valence-electron chi connectivity index (χ0n) is 20.5. The van der Waals surface area contributed by atoms with Gasteiger partial charge in [-0.1, -0.05) is 18.2 Å². The second-order valence-electron chi connectivity index (χ2n) is 9.01. The number of nitrogens with one attached hydrogen (secondary N) is 3. The van der Waals surface area contributed by atoms with Crippen LogP contribution in [0.15, 0.2) is 104 Å². The van der Waals surface area contributed by atoms with Crippen molar-refractivity contribution in [3.8, 4) is 33.8 Å². The van der Waals surface area contributed by atoms with Crippen molar-refractivity contribution >= 4 is 33.5 Å². The van der Waals surface area contributed by atoms with Crippen LogP contribution in [-0.4, -0.2) is 41.0 Å². The molecule has 9 nitrogen and oxygen atoms in total. The lowest BCUT2D eigenvalue weighted by atomic mass is 10.1. The van der Waals surface area contributed by atoms with Gasteiger partial charge in [0.05, 0.1) is 23.3 Å². The van der Waals surface area contributed by atoms with Gasteiger partial charge in [0.25, 0.3) is 5.91 Å². The molecule has 0 atom stereocenters. The average Bonchev–Trinajstić information content (AvgIpc) is 3.62. The summed E-state index contributed by atoms with van der Waals surface area (Å²) in [6, 6.07) is 20.9. The molecule has 6 aromatic heterocycles. The molecule has 1 amide bonds. The molecular weight excluding hydrogens is 488 g/mol. The number of hydrogen-bond acceptors (Lipinski definition) is 6. The van der Waals surface area contributed by atoms with Crippen LogP contribution in [0, 0.1) is 0 Å². The van der Waals surface area contributed by atoms with Gasteiger partial charge in [-0.05, 0) is 48.5 Å². The smallest absolute Gasteiger partial charge is 0.255 e. The number of benzene rings is 1. The minimum absolute atomic E-state index is 0.195. The van der Waals surface area contributed by atoms with Crippen molar-refractivity contribution in [1.29, 1.82) is 0 Å². The van der Waals surface area contributed by atoms with Crippen molar-refractivity contribution in [3.63, 3.8) is 0 Å². The van der Waals surface area contributed by atoms with Gasteiger partial charge in [-0.25, -0.2) is 4.98 Å². The second-order valence-corrected chi connectivity index (χ2v) is 9.01. The van der Waals surface area contributed by atoms with E-state index in [4.69, 9.17) is 0 Å². The van der Waals surface area contributed by atoms with Crippen LogP contribution >= 0.6 is 0 Å². The van der Waals surface area contributed by atoms with E-state index >= 15 is 0 Å². The lowest BCUT2D eigenvalue weighted by molar-refractivity contribution is 0.102. The van der Waals surface area contributed by atoms with Crippen molar-refractivity contribution < 1.29 is 4.79 Å². The highest BCUT2D eigenvalue weighted by Crippen LogP contribution is 2.33. The van der Waals surface area contributed by atoms with Gasteiger partial charge in [0.15, 0.2) is 5.65 Å². The van der Waals surface area contributed by atoms with Crippen molar-refractivity contribution in [2.75, 3.05) is 5.32 Å². The molecule has 0 radical (unpaired) electrons.